The van der Waals surface area contributed by atoms with Crippen LogP contribution < -0.4 is 14.9 Å². The highest BCUT2D eigenvalue weighted by Crippen LogP contribution is 2.36. The lowest BCUT2D eigenvalue weighted by molar-refractivity contribution is -0.205. The van der Waals surface area contributed by atoms with Gasteiger partial charge in [0.1, 0.15) is 17.3 Å². The molecular weight excluding hydrogens is 959 g/mol. The number of aromatic amines is 1. The molecule has 2 aromatic carbocycles. The number of carbonyl (C=O) groups is 4. The SMILES string of the molecule is Cc1nc(C(=O)N2CCOC3(CCN(Cc4cccc(CCOCCC(=O)N(CCNC[C@H](OC(=O)C(F)(F)F)c5ccc(OC(=O)C(F)(F)F)c6[nH]c(=O)sc56)C5CCCCC5)c4)CC3)C2)cs1. The van der Waals surface area contributed by atoms with E-state index in [9.17, 15) is 50.3 Å². The number of aromatic nitrogens is 2. The molecule has 1 atom stereocenters. The first-order chi connectivity index (χ1) is 32.9. The third kappa shape index (κ3) is 13.9. The Morgan fingerprint density at radius 1 is 0.986 bits per heavy atom. The van der Waals surface area contributed by atoms with Crippen LogP contribution in [0.25, 0.3) is 10.2 Å². The summed E-state index contributed by atoms with van der Waals surface area (Å²) in [5.41, 5.74) is 1.83. The average molecular weight is 1010 g/mol. The molecular formula is C46H54F6N6O9S2. The summed E-state index contributed by atoms with van der Waals surface area (Å²) >= 11 is 1.88. The number of benzene rings is 2. The van der Waals surface area contributed by atoms with Crippen LogP contribution in [-0.4, -0.2) is 138 Å². The molecule has 0 radical (unpaired) electrons. The number of nitrogens with zero attached hydrogens (tertiary/aromatic N) is 4. The molecule has 1 spiro atoms. The second kappa shape index (κ2) is 22.9. The molecule has 2 N–H and O–H groups in total. The van der Waals surface area contributed by atoms with Gasteiger partial charge in [-0.1, -0.05) is 54.9 Å². The maximum atomic E-state index is 13.7. The summed E-state index contributed by atoms with van der Waals surface area (Å²) in [5.74, 6) is -6.04. The molecule has 15 nitrogen and oxygen atoms in total. The van der Waals surface area contributed by atoms with Crippen molar-refractivity contribution in [3.8, 4) is 5.75 Å². The van der Waals surface area contributed by atoms with E-state index in [0.29, 0.717) is 49.8 Å². The molecule has 7 rings (SSSR count). The number of thiazole rings is 2. The average Bonchev–Trinajstić information content (AvgIpc) is 3.94. The van der Waals surface area contributed by atoms with E-state index in [-0.39, 0.29) is 59.8 Å². The molecule has 2 aromatic heterocycles. The molecule has 4 aromatic rings. The standard InChI is InChI=1S/C46H54F6N6O9S2/c1-29-54-34(27-68-29)40(60)57-20-23-65-44(28-57)14-17-56(18-15-44)26-31-7-5-6-30(24-31)12-21-64-22-13-37(59)58(32-8-3-2-4-9-32)19-16-53-25-36(67-42(62)46(50,51)52)33-10-11-35(66-41(61)45(47,48)49)38-39(33)69-43(63)55-38/h5-7,10-11,24,27,32,36,53H,2-4,8-9,12-23,25-26,28H2,1H3,(H,55,63)/t36-/m0/s1. The summed E-state index contributed by atoms with van der Waals surface area (Å²) in [4.78, 5) is 74.5. The number of alkyl halides is 6. The lowest BCUT2D eigenvalue weighted by Crippen LogP contribution is -2.58. The number of esters is 2. The molecule has 0 bridgehead atoms. The number of piperidine rings is 1. The Kier molecular flexibility index (Phi) is 17.2. The van der Waals surface area contributed by atoms with Gasteiger partial charge in [-0.3, -0.25) is 19.3 Å². The van der Waals surface area contributed by atoms with Crippen LogP contribution in [0, 0.1) is 6.92 Å². The topological polar surface area (TPSA) is 173 Å². The third-order valence-electron chi connectivity index (χ3n) is 12.6. The minimum Gasteiger partial charge on any atom is -0.449 e. The van der Waals surface area contributed by atoms with Crippen LogP contribution in [0.2, 0.25) is 0 Å². The highest BCUT2D eigenvalue weighted by molar-refractivity contribution is 7.16. The molecule has 2 aliphatic heterocycles. The van der Waals surface area contributed by atoms with E-state index in [0.717, 1.165) is 87.3 Å². The van der Waals surface area contributed by atoms with E-state index in [1.165, 1.54) is 16.9 Å². The van der Waals surface area contributed by atoms with Crippen molar-refractivity contribution in [3.63, 3.8) is 0 Å². The van der Waals surface area contributed by atoms with Crippen LogP contribution in [0.15, 0.2) is 46.6 Å². The van der Waals surface area contributed by atoms with Gasteiger partial charge in [0.05, 0.1) is 48.1 Å². The second-order valence-electron chi connectivity index (χ2n) is 17.5. The predicted molar refractivity (Wildman–Crippen MR) is 242 cm³/mol. The Balaban J connectivity index is 0.884. The molecule has 1 aliphatic carbocycles. The Hall–Kier alpha value is -4.94. The van der Waals surface area contributed by atoms with Crippen molar-refractivity contribution in [2.45, 2.75) is 101 Å². The number of rotatable bonds is 18. The summed E-state index contributed by atoms with van der Waals surface area (Å²) in [7, 11) is 0. The van der Waals surface area contributed by atoms with Crippen molar-refractivity contribution in [2.24, 2.45) is 0 Å². The number of ether oxygens (including phenoxy) is 4. The molecule has 3 fully saturated rings. The second-order valence-corrected chi connectivity index (χ2v) is 19.5. The van der Waals surface area contributed by atoms with Crippen LogP contribution >= 0.6 is 22.7 Å². The van der Waals surface area contributed by atoms with Crippen molar-refractivity contribution < 1.29 is 64.5 Å². The fourth-order valence-corrected chi connectivity index (χ4v) is 10.6. The van der Waals surface area contributed by atoms with E-state index in [2.05, 4.69) is 37.1 Å². The van der Waals surface area contributed by atoms with Crippen molar-refractivity contribution in [2.75, 3.05) is 65.6 Å². The number of hydrogen-bond donors (Lipinski definition) is 2. The number of morpholine rings is 1. The van der Waals surface area contributed by atoms with E-state index in [1.54, 1.807) is 4.90 Å². The monoisotopic (exact) mass is 1010 g/mol. The number of carbonyl (C=O) groups excluding carboxylic acids is 4. The van der Waals surface area contributed by atoms with Crippen LogP contribution in [0.3, 0.4) is 0 Å². The first-order valence-electron chi connectivity index (χ1n) is 22.8. The Bertz CT molecular complexity index is 2480. The van der Waals surface area contributed by atoms with Crippen molar-refractivity contribution in [1.29, 1.82) is 0 Å². The van der Waals surface area contributed by atoms with Gasteiger partial charge in [0.15, 0.2) is 5.75 Å². The lowest BCUT2D eigenvalue weighted by Gasteiger charge is -2.47. The summed E-state index contributed by atoms with van der Waals surface area (Å²) in [6.07, 6.45) is -5.74. The number of halogens is 6. The molecule has 3 aliphatic rings. The van der Waals surface area contributed by atoms with Gasteiger partial charge in [0.2, 0.25) is 5.91 Å². The quantitative estimate of drug-likeness (QED) is 0.0459. The normalized spacial score (nSPS) is 17.5. The molecule has 69 heavy (non-hydrogen) atoms. The van der Waals surface area contributed by atoms with Crippen LogP contribution in [0.4, 0.5) is 26.3 Å². The fraction of sp³-hybridized carbons (Fsp3) is 0.565. The Morgan fingerprint density at radius 3 is 2.43 bits per heavy atom. The number of likely N-dealkylation sites (tertiary alicyclic amines) is 1. The Labute approximate surface area is 401 Å². The van der Waals surface area contributed by atoms with Gasteiger partial charge in [-0.25, -0.2) is 14.6 Å². The van der Waals surface area contributed by atoms with Gasteiger partial charge in [0, 0.05) is 62.8 Å². The van der Waals surface area contributed by atoms with E-state index >= 15 is 0 Å². The van der Waals surface area contributed by atoms with Crippen LogP contribution in [-0.2, 0) is 41.6 Å². The number of hydrogen-bond acceptors (Lipinski definition) is 14. The highest BCUT2D eigenvalue weighted by Gasteiger charge is 2.44. The number of aryl methyl sites for hydroxylation is 1. The van der Waals surface area contributed by atoms with Gasteiger partial charge >= 0.3 is 29.2 Å². The predicted octanol–water partition coefficient (Wildman–Crippen LogP) is 6.88. The fourth-order valence-electron chi connectivity index (χ4n) is 9.07. The zero-order valence-electron chi connectivity index (χ0n) is 37.9. The first kappa shape index (κ1) is 51.9. The van der Waals surface area contributed by atoms with Crippen LogP contribution in [0.5, 0.6) is 5.75 Å². The Morgan fingerprint density at radius 2 is 1.72 bits per heavy atom. The van der Waals surface area contributed by atoms with Crippen molar-refractivity contribution in [1.82, 2.24) is 30.0 Å². The number of nitrogens with one attached hydrogen (secondary N) is 2. The molecule has 2 saturated heterocycles. The summed E-state index contributed by atoms with van der Waals surface area (Å²) in [6, 6.07) is 10.1. The van der Waals surface area contributed by atoms with Gasteiger partial charge in [0.25, 0.3) is 5.91 Å². The molecule has 2 amide bonds. The summed E-state index contributed by atoms with van der Waals surface area (Å²) in [5, 5.41) is 5.62. The van der Waals surface area contributed by atoms with Gasteiger partial charge in [-0.2, -0.15) is 26.3 Å². The molecule has 4 heterocycles. The number of H-pyrrole nitrogens is 1. The maximum absolute atomic E-state index is 13.7. The molecule has 376 valence electrons. The maximum Gasteiger partial charge on any atom is 0.491 e. The molecule has 23 heteroatoms. The van der Waals surface area contributed by atoms with E-state index in [4.69, 9.17) is 14.2 Å². The summed E-state index contributed by atoms with van der Waals surface area (Å²) < 4.78 is 100. The first-order valence-corrected chi connectivity index (χ1v) is 24.5. The zero-order valence-corrected chi connectivity index (χ0v) is 39.5. The van der Waals surface area contributed by atoms with Crippen molar-refractivity contribution in [3.05, 3.63) is 78.8 Å². The zero-order chi connectivity index (χ0) is 49.3. The van der Waals surface area contributed by atoms with Gasteiger partial charge < -0.3 is 39.0 Å². The van der Waals surface area contributed by atoms with Gasteiger partial charge in [-0.15, -0.1) is 11.3 Å². The molecule has 1 saturated carbocycles. The van der Waals surface area contributed by atoms with E-state index < -0.39 is 53.1 Å². The van der Waals surface area contributed by atoms with E-state index in [1.807, 2.05) is 29.3 Å². The number of fused-ring (bicyclic) bond motifs is 1. The minimum absolute atomic E-state index is 0.0459. The summed E-state index contributed by atoms with van der Waals surface area (Å²) in [6.45, 7) is 6.27. The van der Waals surface area contributed by atoms with Crippen LogP contribution in [0.1, 0.15) is 89.7 Å². The smallest absolute Gasteiger partial charge is 0.449 e. The minimum atomic E-state index is -5.40. The van der Waals surface area contributed by atoms with Gasteiger partial charge in [-0.05, 0) is 62.3 Å². The number of amides is 2. The lowest BCUT2D eigenvalue weighted by atomic mass is 9.89. The third-order valence-corrected chi connectivity index (χ3v) is 14.3. The van der Waals surface area contributed by atoms with Crippen molar-refractivity contribution >= 4 is 56.6 Å². The highest BCUT2D eigenvalue weighted by atomic mass is 32.1. The molecule has 0 unspecified atom stereocenters. The largest absolute Gasteiger partial charge is 0.491 e.